The van der Waals surface area contributed by atoms with Gasteiger partial charge in [-0.25, -0.2) is 13.1 Å². The van der Waals surface area contributed by atoms with Crippen molar-refractivity contribution in [1.82, 2.24) is 9.62 Å². The van der Waals surface area contributed by atoms with Crippen molar-refractivity contribution < 1.29 is 8.42 Å². The van der Waals surface area contributed by atoms with Gasteiger partial charge in [0.15, 0.2) is 0 Å². The highest BCUT2D eigenvalue weighted by Crippen LogP contribution is 2.37. The molecular weight excluding hydrogens is 356 g/mol. The topological polar surface area (TPSA) is 49.4 Å². The molecule has 0 aromatic heterocycles. The third-order valence-corrected chi connectivity index (χ3v) is 7.34. The van der Waals surface area contributed by atoms with Crippen LogP contribution >= 0.6 is 0 Å². The molecule has 144 valence electrons. The van der Waals surface area contributed by atoms with Gasteiger partial charge in [0.25, 0.3) is 0 Å². The fourth-order valence-electron chi connectivity index (χ4n) is 4.55. The lowest BCUT2D eigenvalue weighted by atomic mass is 10.0. The zero-order valence-electron chi connectivity index (χ0n) is 15.7. The van der Waals surface area contributed by atoms with Crippen LogP contribution in [-0.2, 0) is 16.4 Å². The van der Waals surface area contributed by atoms with E-state index in [4.69, 9.17) is 0 Å². The first kappa shape index (κ1) is 18.7. The molecule has 0 amide bonds. The summed E-state index contributed by atoms with van der Waals surface area (Å²) >= 11 is 0. The van der Waals surface area contributed by atoms with E-state index in [9.17, 15) is 8.42 Å². The minimum atomic E-state index is -3.53. The van der Waals surface area contributed by atoms with Gasteiger partial charge in [0, 0.05) is 6.04 Å². The largest absolute Gasteiger partial charge is 0.295 e. The number of fused-ring (bicyclic) bond motifs is 1. The van der Waals surface area contributed by atoms with Crippen LogP contribution in [0, 0.1) is 0 Å². The van der Waals surface area contributed by atoms with Gasteiger partial charge in [0.05, 0.1) is 10.9 Å². The van der Waals surface area contributed by atoms with Crippen LogP contribution in [0.3, 0.4) is 0 Å². The first-order valence-corrected chi connectivity index (χ1v) is 11.5. The van der Waals surface area contributed by atoms with Gasteiger partial charge in [-0.1, -0.05) is 61.7 Å². The van der Waals surface area contributed by atoms with E-state index < -0.39 is 10.0 Å². The predicted molar refractivity (Wildman–Crippen MR) is 108 cm³/mol. The number of sulfonamides is 1. The van der Waals surface area contributed by atoms with E-state index in [2.05, 4.69) is 33.9 Å². The molecule has 1 fully saturated rings. The van der Waals surface area contributed by atoms with Crippen molar-refractivity contribution in [2.75, 3.05) is 13.1 Å². The van der Waals surface area contributed by atoms with E-state index in [1.54, 1.807) is 24.3 Å². The molecule has 1 saturated heterocycles. The van der Waals surface area contributed by atoms with Crippen LogP contribution in [-0.4, -0.2) is 32.4 Å². The molecule has 4 nitrogen and oxygen atoms in total. The number of nitrogens with zero attached hydrogens (tertiary/aromatic N) is 1. The average Bonchev–Trinajstić information content (AvgIpc) is 2.99. The van der Waals surface area contributed by atoms with Gasteiger partial charge < -0.3 is 0 Å². The predicted octanol–water partition coefficient (Wildman–Crippen LogP) is 3.90. The SMILES string of the molecule is O=S(=O)(N[C@H]1Cc2ccccc2[C@@H]1N1CCCCCCC1)c1ccccc1. The van der Waals surface area contributed by atoms with Crippen molar-refractivity contribution in [2.24, 2.45) is 0 Å². The monoisotopic (exact) mass is 384 g/mol. The highest BCUT2D eigenvalue weighted by molar-refractivity contribution is 7.89. The van der Waals surface area contributed by atoms with Crippen molar-refractivity contribution in [2.45, 2.75) is 55.5 Å². The third kappa shape index (κ3) is 4.10. The third-order valence-electron chi connectivity index (χ3n) is 5.84. The van der Waals surface area contributed by atoms with Gasteiger partial charge in [-0.05, 0) is 55.6 Å². The quantitative estimate of drug-likeness (QED) is 0.870. The molecule has 0 radical (unpaired) electrons. The number of benzene rings is 2. The van der Waals surface area contributed by atoms with Crippen molar-refractivity contribution in [3.63, 3.8) is 0 Å². The van der Waals surface area contributed by atoms with E-state index in [0.717, 1.165) is 19.5 Å². The maximum atomic E-state index is 13.0. The maximum Gasteiger partial charge on any atom is 0.240 e. The molecule has 1 aliphatic heterocycles. The van der Waals surface area contributed by atoms with Crippen molar-refractivity contribution in [1.29, 1.82) is 0 Å². The molecule has 0 saturated carbocycles. The Kier molecular flexibility index (Phi) is 5.62. The Morgan fingerprint density at radius 1 is 0.815 bits per heavy atom. The highest BCUT2D eigenvalue weighted by Gasteiger charge is 2.38. The summed E-state index contributed by atoms with van der Waals surface area (Å²) in [4.78, 5) is 2.86. The van der Waals surface area contributed by atoms with E-state index in [1.165, 1.54) is 43.2 Å². The smallest absolute Gasteiger partial charge is 0.240 e. The minimum Gasteiger partial charge on any atom is -0.295 e. The van der Waals surface area contributed by atoms with Gasteiger partial charge in [-0.3, -0.25) is 4.90 Å². The fourth-order valence-corrected chi connectivity index (χ4v) is 5.81. The molecule has 1 N–H and O–H groups in total. The lowest BCUT2D eigenvalue weighted by molar-refractivity contribution is 0.160. The second kappa shape index (κ2) is 8.13. The lowest BCUT2D eigenvalue weighted by Gasteiger charge is -2.35. The molecule has 0 spiro atoms. The fraction of sp³-hybridized carbons (Fsp3) is 0.455. The average molecular weight is 385 g/mol. The standard InChI is InChI=1S/C22H28N2O2S/c25-27(26,19-12-5-4-6-13-19)23-21-17-18-11-7-8-14-20(18)22(21)24-15-9-2-1-3-10-16-24/h4-8,11-14,21-23H,1-3,9-10,15-17H2/t21-,22-/m0/s1. The highest BCUT2D eigenvalue weighted by atomic mass is 32.2. The summed E-state index contributed by atoms with van der Waals surface area (Å²) in [6.45, 7) is 2.09. The molecule has 4 rings (SSSR count). The Morgan fingerprint density at radius 2 is 1.44 bits per heavy atom. The summed E-state index contributed by atoms with van der Waals surface area (Å²) in [6, 6.07) is 17.2. The molecular formula is C22H28N2O2S. The molecule has 2 aromatic rings. The van der Waals surface area contributed by atoms with Crippen molar-refractivity contribution >= 4 is 10.0 Å². The summed E-state index contributed by atoms with van der Waals surface area (Å²) < 4.78 is 29.0. The number of nitrogens with one attached hydrogen (secondary N) is 1. The van der Waals surface area contributed by atoms with E-state index >= 15 is 0 Å². The molecule has 2 aliphatic rings. The van der Waals surface area contributed by atoms with Crippen LogP contribution in [0.15, 0.2) is 59.5 Å². The minimum absolute atomic E-state index is 0.118. The molecule has 27 heavy (non-hydrogen) atoms. The Morgan fingerprint density at radius 3 is 2.19 bits per heavy atom. The summed E-state index contributed by atoms with van der Waals surface area (Å²) in [5.74, 6) is 0. The zero-order chi connectivity index (χ0) is 18.7. The molecule has 2 atom stereocenters. The summed E-state index contributed by atoms with van der Waals surface area (Å²) in [5.41, 5.74) is 2.56. The Labute approximate surface area is 162 Å². The summed E-state index contributed by atoms with van der Waals surface area (Å²) in [5, 5.41) is 0. The van der Waals surface area contributed by atoms with E-state index in [-0.39, 0.29) is 12.1 Å². The second-order valence-corrected chi connectivity index (χ2v) is 9.41. The molecule has 1 heterocycles. The molecule has 1 aliphatic carbocycles. The van der Waals surface area contributed by atoms with Gasteiger partial charge >= 0.3 is 0 Å². The molecule has 0 unspecified atom stereocenters. The summed E-state index contributed by atoms with van der Waals surface area (Å²) in [6.07, 6.45) is 6.99. The molecule has 5 heteroatoms. The lowest BCUT2D eigenvalue weighted by Crippen LogP contribution is -2.45. The van der Waals surface area contributed by atoms with Crippen LogP contribution in [0.25, 0.3) is 0 Å². The van der Waals surface area contributed by atoms with Gasteiger partial charge in [0.2, 0.25) is 10.0 Å². The normalized spacial score (nSPS) is 24.1. The van der Waals surface area contributed by atoms with Gasteiger partial charge in [-0.15, -0.1) is 0 Å². The van der Waals surface area contributed by atoms with Gasteiger partial charge in [-0.2, -0.15) is 0 Å². The number of hydrogen-bond donors (Lipinski definition) is 1. The number of likely N-dealkylation sites (tertiary alicyclic amines) is 1. The number of hydrogen-bond acceptors (Lipinski definition) is 3. The van der Waals surface area contributed by atoms with Crippen LogP contribution in [0.4, 0.5) is 0 Å². The Bertz CT molecular complexity index is 859. The van der Waals surface area contributed by atoms with Crippen LogP contribution in [0.2, 0.25) is 0 Å². The van der Waals surface area contributed by atoms with E-state index in [0.29, 0.717) is 4.90 Å². The Hall–Kier alpha value is -1.69. The van der Waals surface area contributed by atoms with Crippen LogP contribution in [0.1, 0.15) is 49.3 Å². The molecule has 2 aromatic carbocycles. The summed E-state index contributed by atoms with van der Waals surface area (Å²) in [7, 11) is -3.53. The van der Waals surface area contributed by atoms with E-state index in [1.807, 2.05) is 6.07 Å². The van der Waals surface area contributed by atoms with Crippen LogP contribution < -0.4 is 4.72 Å². The molecule has 0 bridgehead atoms. The zero-order valence-corrected chi connectivity index (χ0v) is 16.5. The first-order valence-electron chi connectivity index (χ1n) is 10.0. The maximum absolute atomic E-state index is 13.0. The van der Waals surface area contributed by atoms with Gasteiger partial charge in [0.1, 0.15) is 0 Å². The first-order chi connectivity index (χ1) is 13.1. The Balaban J connectivity index is 1.62. The number of rotatable bonds is 4. The van der Waals surface area contributed by atoms with Crippen molar-refractivity contribution in [3.05, 3.63) is 65.7 Å². The van der Waals surface area contributed by atoms with Crippen LogP contribution in [0.5, 0.6) is 0 Å². The van der Waals surface area contributed by atoms with Crippen molar-refractivity contribution in [3.8, 4) is 0 Å². The second-order valence-electron chi connectivity index (χ2n) is 7.69.